The fourth-order valence-corrected chi connectivity index (χ4v) is 14.9. The third-order valence-electron chi connectivity index (χ3n) is 17.1. The van der Waals surface area contributed by atoms with E-state index in [-0.39, 0.29) is 49.7 Å². The quantitative estimate of drug-likeness (QED) is 0.0240. The molecule has 652 valence electrons. The molecule has 4 aliphatic rings. The lowest BCUT2D eigenvalue weighted by Gasteiger charge is -2.23. The van der Waals surface area contributed by atoms with Crippen LogP contribution in [0.25, 0.3) is 11.9 Å². The summed E-state index contributed by atoms with van der Waals surface area (Å²) in [6.45, 7) is 13.1. The highest BCUT2D eigenvalue weighted by Gasteiger charge is 2.29. The van der Waals surface area contributed by atoms with E-state index in [4.69, 9.17) is 98.7 Å². The van der Waals surface area contributed by atoms with Crippen LogP contribution in [0, 0.1) is 0 Å². The van der Waals surface area contributed by atoms with E-state index in [9.17, 15) is 28.8 Å². The number of anilines is 1. The lowest BCUT2D eigenvalue weighted by molar-refractivity contribution is -0.139. The summed E-state index contributed by atoms with van der Waals surface area (Å²) in [6.07, 6.45) is 10.2. The van der Waals surface area contributed by atoms with E-state index in [0.29, 0.717) is 109 Å². The highest BCUT2D eigenvalue weighted by Crippen LogP contribution is 2.36. The number of carboxylic acid groups (broad SMARTS) is 1. The summed E-state index contributed by atoms with van der Waals surface area (Å²) in [5.41, 5.74) is 13.9. The predicted molar refractivity (Wildman–Crippen MR) is 468 cm³/mol. The smallest absolute Gasteiger partial charge is 0.408 e. The first-order valence-corrected chi connectivity index (χ1v) is 42.9. The molecule has 0 unspecified atom stereocenters. The maximum Gasteiger partial charge on any atom is 0.408 e. The fourth-order valence-electron chi connectivity index (χ4n) is 11.3. The normalized spacial score (nSPS) is 13.1. The Kier molecular flexibility index (Phi) is 33.7. The maximum absolute atomic E-state index is 13.2. The Morgan fingerprint density at radius 1 is 0.452 bits per heavy atom. The van der Waals surface area contributed by atoms with Gasteiger partial charge < -0.3 is 95.8 Å². The van der Waals surface area contributed by atoms with Crippen molar-refractivity contribution < 1.29 is 81.2 Å². The molecular formula is C84H89Cl3N16O17S4. The average Bonchev–Trinajstić information content (AvgIpc) is 1.04. The predicted octanol–water partition coefficient (Wildman–Crippen LogP) is 13.4. The van der Waals surface area contributed by atoms with Crippen molar-refractivity contribution in [2.75, 3.05) is 32.5 Å². The number of aliphatic carboxylic acids is 1. The van der Waals surface area contributed by atoms with Crippen LogP contribution in [0.15, 0.2) is 192 Å². The first-order chi connectivity index (χ1) is 59.6. The van der Waals surface area contributed by atoms with Crippen molar-refractivity contribution in [1.29, 1.82) is 0 Å². The fraction of sp³-hybridized carbons (Fsp3) is 0.286. The van der Waals surface area contributed by atoms with Gasteiger partial charge in [-0.2, -0.15) is 4.98 Å². The van der Waals surface area contributed by atoms with Gasteiger partial charge in [-0.1, -0.05) is 83.3 Å². The summed E-state index contributed by atoms with van der Waals surface area (Å²) in [7, 11) is 0. The number of nitrogens with one attached hydrogen (secondary N) is 6. The number of alkyl carbamates (subject to hydrolysis) is 2. The highest BCUT2D eigenvalue weighted by molar-refractivity contribution is 7.10. The molecule has 40 heteroatoms. The topological polar surface area (TPSA) is 426 Å². The molecule has 4 atom stereocenters. The monoisotopic (exact) mass is 1830 g/mol. The van der Waals surface area contributed by atoms with Crippen molar-refractivity contribution in [2.45, 2.75) is 129 Å². The zero-order valence-electron chi connectivity index (χ0n) is 67.7. The molecular weight excluding hydrogens is 1740 g/mol. The number of ether oxygens (including phenoxy) is 10. The van der Waals surface area contributed by atoms with E-state index < -0.39 is 53.5 Å². The third-order valence-corrected chi connectivity index (χ3v) is 21.3. The van der Waals surface area contributed by atoms with Crippen LogP contribution in [-0.4, -0.2) is 143 Å². The number of carbonyl (C=O) groups is 6. The molecule has 4 aliphatic heterocycles. The van der Waals surface area contributed by atoms with E-state index in [2.05, 4.69) is 61.8 Å². The summed E-state index contributed by atoms with van der Waals surface area (Å²) in [5, 5.41) is 34.7. The number of benzene rings is 4. The summed E-state index contributed by atoms with van der Waals surface area (Å²) in [6, 6.07) is 38.1. The molecule has 8 aromatic heterocycles. The van der Waals surface area contributed by atoms with Crippen molar-refractivity contribution in [3.05, 3.63) is 250 Å². The van der Waals surface area contributed by atoms with Gasteiger partial charge in [0, 0.05) is 108 Å². The number of imidazole rings is 2. The zero-order chi connectivity index (χ0) is 88.1. The Balaban J connectivity index is 0.000000150. The SMILES string of the molecule is CC(C)(C)OC(=O)N[C@H](Cc1cccs1)C(=O)NCc1ccc2c(c1)OCO2.CC(C)(C)OC(=O)N[C@H](Cc1cccs1)C(=O)O.Clc1cc(Cl)nc(-n2ccnc2)n1.NCc1ccc2c(c1)OCO2.N[C@@H](Cc1cccs1)C(=O)NCc1ccc2c(c1)OCO2.O=C(NCc1ccc2c(c1)OCO2)[C@H](Cc1cccs1)Nc1cc(Cl)nc(-n2ccnc2)n1. The molecule has 124 heavy (non-hydrogen) atoms. The average molecular weight is 1830 g/mol. The van der Waals surface area contributed by atoms with E-state index in [1.165, 1.54) is 28.7 Å². The number of carbonyl (C=O) groups excluding carboxylic acids is 5. The van der Waals surface area contributed by atoms with Crippen molar-refractivity contribution in [1.82, 2.24) is 65.6 Å². The van der Waals surface area contributed by atoms with Gasteiger partial charge >= 0.3 is 18.2 Å². The second-order valence-electron chi connectivity index (χ2n) is 28.9. The van der Waals surface area contributed by atoms with Crippen LogP contribution in [0.2, 0.25) is 15.5 Å². The number of nitrogens with two attached hydrogens (primary N) is 2. The Hall–Kier alpha value is -12.3. The molecule has 16 rings (SSSR count). The van der Waals surface area contributed by atoms with E-state index >= 15 is 0 Å². The van der Waals surface area contributed by atoms with Crippen molar-refractivity contribution >= 4 is 122 Å². The molecule has 0 saturated heterocycles. The third kappa shape index (κ3) is 29.7. The number of carboxylic acids is 1. The van der Waals surface area contributed by atoms with Crippen LogP contribution in [0.1, 0.15) is 83.3 Å². The minimum atomic E-state index is -1.07. The molecule has 12 heterocycles. The molecule has 33 nitrogen and oxygen atoms in total. The first kappa shape index (κ1) is 92.4. The largest absolute Gasteiger partial charge is 0.480 e. The highest BCUT2D eigenvalue weighted by atomic mass is 35.5. The van der Waals surface area contributed by atoms with Gasteiger partial charge in [0.25, 0.3) is 0 Å². The molecule has 0 radical (unpaired) electrons. The molecule has 0 spiro atoms. The maximum atomic E-state index is 13.2. The molecule has 0 fully saturated rings. The van der Waals surface area contributed by atoms with Crippen LogP contribution in [-0.2, 0) is 80.5 Å². The number of rotatable bonds is 25. The number of hydrogen-bond acceptors (Lipinski definition) is 29. The van der Waals surface area contributed by atoms with Crippen LogP contribution in [0.3, 0.4) is 0 Å². The molecule has 11 N–H and O–H groups in total. The Morgan fingerprint density at radius 2 is 0.798 bits per heavy atom. The molecule has 0 aliphatic carbocycles. The van der Waals surface area contributed by atoms with Gasteiger partial charge in [0.15, 0.2) is 46.0 Å². The van der Waals surface area contributed by atoms with Gasteiger partial charge in [-0.15, -0.1) is 45.3 Å². The lowest BCUT2D eigenvalue weighted by atomic mass is 10.1. The molecule has 5 amide bonds. The summed E-state index contributed by atoms with van der Waals surface area (Å²) in [4.78, 5) is 101. The van der Waals surface area contributed by atoms with Crippen LogP contribution >= 0.6 is 80.1 Å². The summed E-state index contributed by atoms with van der Waals surface area (Å²) < 4.78 is 55.8. The lowest BCUT2D eigenvalue weighted by Crippen LogP contribution is -2.49. The number of aromatic nitrogens is 8. The summed E-state index contributed by atoms with van der Waals surface area (Å²) in [5.74, 6) is 5.33. The molecule has 12 aromatic rings. The number of hydrogen-bond donors (Lipinski definition) is 9. The second-order valence-corrected chi connectivity index (χ2v) is 34.2. The number of thiophene rings is 4. The molecule has 0 bridgehead atoms. The van der Waals surface area contributed by atoms with E-state index in [0.717, 1.165) is 59.0 Å². The molecule has 4 aromatic carbocycles. The van der Waals surface area contributed by atoms with Crippen LogP contribution in [0.5, 0.6) is 46.0 Å². The number of halogens is 3. The van der Waals surface area contributed by atoms with Gasteiger partial charge in [-0.25, -0.2) is 39.3 Å². The van der Waals surface area contributed by atoms with Gasteiger partial charge in [0.2, 0.25) is 56.8 Å². The molecule has 0 saturated carbocycles. The van der Waals surface area contributed by atoms with Crippen molar-refractivity contribution in [3.63, 3.8) is 0 Å². The van der Waals surface area contributed by atoms with E-state index in [1.54, 1.807) is 117 Å². The standard InChI is InChI=1S/C22H19ClN6O3S.C20H24N2O5S.C15H16N2O3S.C12H17NO4S.C8H9NO2.C7H4Cl2N4/c23-19-10-20(28-22(27-19)29-6-5-24-12-29)26-16(9-15-2-1-7-33-15)21(30)25-11-14-3-4-17-18(8-14)32-13-31-17;1-20(2,3)27-19(24)22-15(10-14-5-4-8-28-14)18(23)21-11-13-6-7-16-17(9-13)26-12-25-16;16-12(7-11-2-1-5-21-11)15(18)17-8-10-3-4-13-14(6-10)20-9-19-13;1-12(2,3)17-11(16)13-9(10(14)15)7-8-5-4-6-18-8;9-4-6-1-2-7-8(3-6)11-5-10-7;8-5-3-6(9)12-7(11-5)13-2-1-10-4-13/h1-8,10,12,16H,9,11,13H2,(H,25,30)(H,26,27,28);4-9,15H,10-12H2,1-3H3,(H,21,23)(H,22,24);1-6,12H,7-9,16H2,(H,17,18);4-6,9H,7H2,1-3H3,(H,13,16)(H,14,15);1-3H,4-5,9H2;1-4H/t16-;15-;12-;9-;;/m0101../s1. The number of fused-ring (bicyclic) bond motifs is 4. The second kappa shape index (κ2) is 45.2. The minimum Gasteiger partial charge on any atom is -0.480 e. The number of amides is 5. The van der Waals surface area contributed by atoms with Gasteiger partial charge in [-0.05, 0) is 158 Å². The first-order valence-electron chi connectivity index (χ1n) is 38.2. The summed E-state index contributed by atoms with van der Waals surface area (Å²) >= 11 is 23.8. The van der Waals surface area contributed by atoms with Crippen LogP contribution in [0.4, 0.5) is 15.4 Å². The van der Waals surface area contributed by atoms with Gasteiger partial charge in [0.05, 0.1) is 6.04 Å². The van der Waals surface area contributed by atoms with Gasteiger partial charge in [-0.3, -0.25) is 23.5 Å². The minimum absolute atomic E-state index is 0.152. The van der Waals surface area contributed by atoms with Crippen molar-refractivity contribution in [2.24, 2.45) is 11.5 Å². The van der Waals surface area contributed by atoms with E-state index in [1.807, 2.05) is 143 Å². The van der Waals surface area contributed by atoms with Crippen LogP contribution < -0.4 is 81.3 Å². The van der Waals surface area contributed by atoms with Crippen molar-refractivity contribution in [3.8, 4) is 57.9 Å². The zero-order valence-corrected chi connectivity index (χ0v) is 73.3. The van der Waals surface area contributed by atoms with Gasteiger partial charge in [0.1, 0.15) is 63.3 Å². The Morgan fingerprint density at radius 3 is 1.18 bits per heavy atom. The Labute approximate surface area is 744 Å². The number of nitrogens with zero attached hydrogens (tertiary/aromatic N) is 8. The Bertz CT molecular complexity index is 5440.